The largest absolute Gasteiger partial charge is 0.466 e. The summed E-state index contributed by atoms with van der Waals surface area (Å²) in [5, 5.41) is 4.55. The van der Waals surface area contributed by atoms with Crippen molar-refractivity contribution in [3.8, 4) is 0 Å². The van der Waals surface area contributed by atoms with Gasteiger partial charge in [-0.05, 0) is 41.0 Å². The number of hydrogen-bond acceptors (Lipinski definition) is 3. The van der Waals surface area contributed by atoms with Gasteiger partial charge in [0, 0.05) is 17.3 Å². The van der Waals surface area contributed by atoms with Gasteiger partial charge in [-0.25, -0.2) is 0 Å². The Morgan fingerprint density at radius 2 is 1.94 bits per heavy atom. The Kier molecular flexibility index (Phi) is 4.93. The van der Waals surface area contributed by atoms with Gasteiger partial charge in [-0.3, -0.25) is 9.48 Å². The van der Waals surface area contributed by atoms with Crippen LogP contribution < -0.4 is 0 Å². The predicted molar refractivity (Wildman–Crippen MR) is 71.8 cm³/mol. The highest BCUT2D eigenvalue weighted by Gasteiger charge is 2.25. The third kappa shape index (κ3) is 2.74. The first-order valence-electron chi connectivity index (χ1n) is 6.66. The first-order chi connectivity index (χ1) is 8.43. The Labute approximate surface area is 109 Å². The van der Waals surface area contributed by atoms with E-state index < -0.39 is 0 Å². The van der Waals surface area contributed by atoms with Crippen molar-refractivity contribution in [2.45, 2.75) is 59.9 Å². The molecule has 0 aliphatic carbocycles. The molecule has 0 N–H and O–H groups in total. The van der Waals surface area contributed by atoms with E-state index in [1.54, 1.807) is 0 Å². The fourth-order valence-corrected chi connectivity index (χ4v) is 2.29. The van der Waals surface area contributed by atoms with E-state index in [0.29, 0.717) is 12.6 Å². The maximum absolute atomic E-state index is 11.8. The zero-order valence-electron chi connectivity index (χ0n) is 12.3. The standard InChI is InChI=1S/C14H24N2O2/c1-7-9(3)16-12(6)13(11(5)15-16)10(4)14(17)18-8-2/h9-10H,7-8H2,1-6H3. The summed E-state index contributed by atoms with van der Waals surface area (Å²) in [5.41, 5.74) is 3.00. The van der Waals surface area contributed by atoms with Gasteiger partial charge in [0.1, 0.15) is 0 Å². The van der Waals surface area contributed by atoms with Crippen molar-refractivity contribution in [2.75, 3.05) is 6.61 Å². The molecule has 2 unspecified atom stereocenters. The fraction of sp³-hybridized carbons (Fsp3) is 0.714. The number of carbonyl (C=O) groups excluding carboxylic acids is 1. The number of carbonyl (C=O) groups is 1. The molecule has 0 saturated heterocycles. The maximum atomic E-state index is 11.8. The van der Waals surface area contributed by atoms with Gasteiger partial charge in [0.2, 0.25) is 0 Å². The summed E-state index contributed by atoms with van der Waals surface area (Å²) in [6, 6.07) is 0.354. The van der Waals surface area contributed by atoms with Crippen LogP contribution in [-0.2, 0) is 9.53 Å². The molecule has 4 heteroatoms. The second kappa shape index (κ2) is 6.03. The zero-order chi connectivity index (χ0) is 13.9. The van der Waals surface area contributed by atoms with Crippen molar-refractivity contribution in [1.82, 2.24) is 9.78 Å². The molecule has 1 heterocycles. The first-order valence-corrected chi connectivity index (χ1v) is 6.66. The summed E-state index contributed by atoms with van der Waals surface area (Å²) >= 11 is 0. The molecule has 0 radical (unpaired) electrons. The molecule has 0 amide bonds. The Morgan fingerprint density at radius 1 is 1.33 bits per heavy atom. The number of ether oxygens (including phenoxy) is 1. The smallest absolute Gasteiger partial charge is 0.313 e. The van der Waals surface area contributed by atoms with Crippen molar-refractivity contribution in [3.05, 3.63) is 17.0 Å². The second-order valence-corrected chi connectivity index (χ2v) is 4.76. The number of rotatable bonds is 5. The number of aromatic nitrogens is 2. The van der Waals surface area contributed by atoms with Crippen LogP contribution in [0.3, 0.4) is 0 Å². The highest BCUT2D eigenvalue weighted by atomic mass is 16.5. The second-order valence-electron chi connectivity index (χ2n) is 4.76. The predicted octanol–water partition coefficient (Wildman–Crippen LogP) is 3.14. The van der Waals surface area contributed by atoms with Crippen LogP contribution in [0.4, 0.5) is 0 Å². The summed E-state index contributed by atoms with van der Waals surface area (Å²) in [6.07, 6.45) is 1.02. The Bertz CT molecular complexity index is 424. The molecule has 18 heavy (non-hydrogen) atoms. The molecular weight excluding hydrogens is 228 g/mol. The molecule has 102 valence electrons. The fourth-order valence-electron chi connectivity index (χ4n) is 2.29. The van der Waals surface area contributed by atoms with E-state index >= 15 is 0 Å². The Balaban J connectivity index is 3.10. The third-order valence-corrected chi connectivity index (χ3v) is 3.46. The van der Waals surface area contributed by atoms with E-state index in [1.165, 1.54) is 0 Å². The quantitative estimate of drug-likeness (QED) is 0.756. The molecule has 0 spiro atoms. The number of hydrogen-bond donors (Lipinski definition) is 0. The summed E-state index contributed by atoms with van der Waals surface area (Å²) in [4.78, 5) is 11.8. The molecule has 2 atom stereocenters. The van der Waals surface area contributed by atoms with Crippen LogP contribution in [0.15, 0.2) is 0 Å². The van der Waals surface area contributed by atoms with Gasteiger partial charge in [-0.2, -0.15) is 5.10 Å². The van der Waals surface area contributed by atoms with Crippen LogP contribution in [0, 0.1) is 13.8 Å². The molecule has 1 aromatic heterocycles. The highest BCUT2D eigenvalue weighted by Crippen LogP contribution is 2.27. The van der Waals surface area contributed by atoms with Gasteiger partial charge in [0.25, 0.3) is 0 Å². The van der Waals surface area contributed by atoms with Crippen LogP contribution in [0.1, 0.15) is 63.0 Å². The average Bonchev–Trinajstić information content (AvgIpc) is 2.63. The van der Waals surface area contributed by atoms with Crippen LogP contribution >= 0.6 is 0 Å². The van der Waals surface area contributed by atoms with Crippen molar-refractivity contribution in [2.24, 2.45) is 0 Å². The zero-order valence-corrected chi connectivity index (χ0v) is 12.3. The number of aryl methyl sites for hydroxylation is 1. The summed E-state index contributed by atoms with van der Waals surface area (Å²) < 4.78 is 7.10. The molecule has 4 nitrogen and oxygen atoms in total. The molecule has 0 aliphatic heterocycles. The third-order valence-electron chi connectivity index (χ3n) is 3.46. The van der Waals surface area contributed by atoms with Gasteiger partial charge >= 0.3 is 5.97 Å². The van der Waals surface area contributed by atoms with Crippen LogP contribution in [0.2, 0.25) is 0 Å². The normalized spacial score (nSPS) is 14.3. The summed E-state index contributed by atoms with van der Waals surface area (Å²) in [7, 11) is 0. The first kappa shape index (κ1) is 14.7. The lowest BCUT2D eigenvalue weighted by Crippen LogP contribution is -2.15. The molecule has 0 aromatic carbocycles. The lowest BCUT2D eigenvalue weighted by Gasteiger charge is -2.14. The summed E-state index contributed by atoms with van der Waals surface area (Å²) in [5.74, 6) is -0.421. The van der Waals surface area contributed by atoms with Crippen LogP contribution in [-0.4, -0.2) is 22.4 Å². The van der Waals surface area contributed by atoms with Crippen molar-refractivity contribution < 1.29 is 9.53 Å². The van der Waals surface area contributed by atoms with Gasteiger partial charge < -0.3 is 4.74 Å². The van der Waals surface area contributed by atoms with E-state index in [9.17, 15) is 4.79 Å². The SMILES string of the molecule is CCOC(=O)C(C)c1c(C)nn(C(C)CC)c1C. The van der Waals surface area contributed by atoms with E-state index in [0.717, 1.165) is 23.4 Å². The van der Waals surface area contributed by atoms with E-state index in [-0.39, 0.29) is 11.9 Å². The van der Waals surface area contributed by atoms with Gasteiger partial charge in [-0.1, -0.05) is 6.92 Å². The minimum absolute atomic E-state index is 0.174. The number of esters is 1. The Hall–Kier alpha value is -1.32. The van der Waals surface area contributed by atoms with Crippen LogP contribution in [0.25, 0.3) is 0 Å². The average molecular weight is 252 g/mol. The van der Waals surface area contributed by atoms with Crippen molar-refractivity contribution >= 4 is 5.97 Å². The molecular formula is C14H24N2O2. The van der Waals surface area contributed by atoms with Gasteiger partial charge in [0.15, 0.2) is 0 Å². The minimum Gasteiger partial charge on any atom is -0.466 e. The monoisotopic (exact) mass is 252 g/mol. The topological polar surface area (TPSA) is 44.1 Å². The maximum Gasteiger partial charge on any atom is 0.313 e. The van der Waals surface area contributed by atoms with Crippen LogP contribution in [0.5, 0.6) is 0 Å². The van der Waals surface area contributed by atoms with E-state index in [1.807, 2.05) is 32.4 Å². The summed E-state index contributed by atoms with van der Waals surface area (Å²) in [6.45, 7) is 12.4. The molecule has 0 aliphatic rings. The lowest BCUT2D eigenvalue weighted by atomic mass is 9.99. The lowest BCUT2D eigenvalue weighted by molar-refractivity contribution is -0.144. The van der Waals surface area contributed by atoms with Crippen molar-refractivity contribution in [1.29, 1.82) is 0 Å². The Morgan fingerprint density at radius 3 is 2.44 bits per heavy atom. The molecule has 1 rings (SSSR count). The van der Waals surface area contributed by atoms with Gasteiger partial charge in [-0.15, -0.1) is 0 Å². The van der Waals surface area contributed by atoms with E-state index in [4.69, 9.17) is 4.74 Å². The molecule has 0 bridgehead atoms. The highest BCUT2D eigenvalue weighted by molar-refractivity contribution is 5.78. The molecule has 1 aromatic rings. The molecule has 0 fully saturated rings. The molecule has 0 saturated carbocycles. The van der Waals surface area contributed by atoms with Crippen molar-refractivity contribution in [3.63, 3.8) is 0 Å². The van der Waals surface area contributed by atoms with E-state index in [2.05, 4.69) is 18.9 Å². The minimum atomic E-state index is -0.247. The number of nitrogens with zero attached hydrogens (tertiary/aromatic N) is 2. The van der Waals surface area contributed by atoms with Gasteiger partial charge in [0.05, 0.1) is 18.2 Å².